The lowest BCUT2D eigenvalue weighted by Gasteiger charge is -2.32. The van der Waals surface area contributed by atoms with Crippen molar-refractivity contribution in [3.05, 3.63) is 94.5 Å². The maximum Gasteiger partial charge on any atom is 0.326 e. The van der Waals surface area contributed by atoms with Crippen molar-refractivity contribution < 1.29 is 4.79 Å². The zero-order valence-electron chi connectivity index (χ0n) is 19.3. The van der Waals surface area contributed by atoms with Crippen LogP contribution in [0.5, 0.6) is 0 Å². The Morgan fingerprint density at radius 1 is 0.912 bits per heavy atom. The zero-order chi connectivity index (χ0) is 23.8. The molecule has 178 valence electrons. The predicted molar refractivity (Wildman–Crippen MR) is 143 cm³/mol. The molecule has 3 aromatic rings. The smallest absolute Gasteiger partial charge is 0.308 e. The molecular weight excluding hydrogens is 465 g/mol. The van der Waals surface area contributed by atoms with E-state index < -0.39 is 0 Å². The van der Waals surface area contributed by atoms with Crippen molar-refractivity contribution in [3.63, 3.8) is 0 Å². The van der Waals surface area contributed by atoms with Crippen LogP contribution in [0.2, 0.25) is 10.0 Å². The van der Waals surface area contributed by atoms with Crippen LogP contribution >= 0.6 is 23.2 Å². The fourth-order valence-electron chi connectivity index (χ4n) is 4.53. The Morgan fingerprint density at radius 2 is 1.65 bits per heavy atom. The van der Waals surface area contributed by atoms with Gasteiger partial charge in [0.05, 0.1) is 0 Å². The number of anilines is 2. The van der Waals surface area contributed by atoms with Crippen LogP contribution in [0.25, 0.3) is 0 Å². The van der Waals surface area contributed by atoms with Gasteiger partial charge in [0.1, 0.15) is 0 Å². The Morgan fingerprint density at radius 3 is 2.35 bits per heavy atom. The van der Waals surface area contributed by atoms with E-state index in [9.17, 15) is 4.79 Å². The van der Waals surface area contributed by atoms with Gasteiger partial charge in [0, 0.05) is 28.0 Å². The summed E-state index contributed by atoms with van der Waals surface area (Å²) in [6.45, 7) is 3.82. The molecule has 0 bridgehead atoms. The number of halogens is 2. The van der Waals surface area contributed by atoms with Crippen molar-refractivity contribution in [1.82, 2.24) is 4.90 Å². The highest BCUT2D eigenvalue weighted by Gasteiger charge is 2.21. The molecule has 0 aromatic heterocycles. The van der Waals surface area contributed by atoms with Crippen molar-refractivity contribution in [3.8, 4) is 0 Å². The number of urea groups is 1. The van der Waals surface area contributed by atoms with Gasteiger partial charge in [0.2, 0.25) is 0 Å². The van der Waals surface area contributed by atoms with Crippen molar-refractivity contribution in [1.29, 1.82) is 0 Å². The third-order valence-electron chi connectivity index (χ3n) is 6.39. The fraction of sp³-hybridized carbons (Fsp3) is 0.321. The van der Waals surface area contributed by atoms with E-state index in [0.717, 1.165) is 37.7 Å². The molecule has 2 amide bonds. The standard InChI is InChI=1S/C28H31Cl2N3O/c29-24-10-12-26(13-11-24)31-28(34)33(27-9-4-8-25(30)21-27)17-5-16-32-18-14-23(15-19-32)20-22-6-2-1-3-7-22/h1-4,6-13,21,23H,5,14-20H2,(H,31,34). The molecule has 3 aromatic carbocycles. The predicted octanol–water partition coefficient (Wildman–Crippen LogP) is 7.38. The molecule has 0 radical (unpaired) electrons. The Kier molecular flexibility index (Phi) is 8.86. The molecule has 0 atom stereocenters. The number of rotatable bonds is 8. The summed E-state index contributed by atoms with van der Waals surface area (Å²) in [7, 11) is 0. The van der Waals surface area contributed by atoms with E-state index >= 15 is 0 Å². The monoisotopic (exact) mass is 495 g/mol. The highest BCUT2D eigenvalue weighted by molar-refractivity contribution is 6.31. The van der Waals surface area contributed by atoms with Crippen molar-refractivity contribution in [2.45, 2.75) is 25.7 Å². The number of carbonyl (C=O) groups is 1. The van der Waals surface area contributed by atoms with Gasteiger partial charge in [0.15, 0.2) is 0 Å². The average molecular weight is 496 g/mol. The second kappa shape index (κ2) is 12.3. The molecule has 4 rings (SSSR count). The second-order valence-electron chi connectivity index (χ2n) is 8.90. The summed E-state index contributed by atoms with van der Waals surface area (Å²) in [5, 5.41) is 4.23. The summed E-state index contributed by atoms with van der Waals surface area (Å²) < 4.78 is 0. The lowest BCUT2D eigenvalue weighted by Crippen LogP contribution is -2.39. The first-order valence-electron chi connectivity index (χ1n) is 11.9. The zero-order valence-corrected chi connectivity index (χ0v) is 20.8. The number of benzene rings is 3. The molecule has 1 N–H and O–H groups in total. The fourth-order valence-corrected chi connectivity index (χ4v) is 4.84. The first-order valence-corrected chi connectivity index (χ1v) is 12.7. The molecule has 0 unspecified atom stereocenters. The molecule has 1 aliphatic rings. The molecule has 1 aliphatic heterocycles. The van der Waals surface area contributed by atoms with Gasteiger partial charge in [-0.25, -0.2) is 4.79 Å². The van der Waals surface area contributed by atoms with Crippen molar-refractivity contribution in [2.24, 2.45) is 5.92 Å². The summed E-state index contributed by atoms with van der Waals surface area (Å²) in [6, 6.07) is 25.2. The first kappa shape index (κ1) is 24.6. The number of nitrogens with zero attached hydrogens (tertiary/aromatic N) is 2. The minimum absolute atomic E-state index is 0.175. The van der Waals surface area contributed by atoms with Gasteiger partial charge in [-0.1, -0.05) is 59.6 Å². The quantitative estimate of drug-likeness (QED) is 0.353. The Labute approximate surface area is 212 Å². The summed E-state index contributed by atoms with van der Waals surface area (Å²) >= 11 is 12.2. The summed E-state index contributed by atoms with van der Waals surface area (Å²) in [4.78, 5) is 17.4. The van der Waals surface area contributed by atoms with Crippen LogP contribution in [0.15, 0.2) is 78.9 Å². The Hall–Kier alpha value is -2.53. The van der Waals surface area contributed by atoms with Crippen LogP contribution in [-0.2, 0) is 6.42 Å². The molecule has 0 spiro atoms. The molecule has 6 heteroatoms. The van der Waals surface area contributed by atoms with Gasteiger partial charge in [-0.15, -0.1) is 0 Å². The van der Waals surface area contributed by atoms with Crippen LogP contribution < -0.4 is 10.2 Å². The third kappa shape index (κ3) is 7.23. The number of amides is 2. The Balaban J connectivity index is 1.30. The molecule has 4 nitrogen and oxygen atoms in total. The number of carbonyl (C=O) groups excluding carboxylic acids is 1. The normalized spacial score (nSPS) is 14.6. The highest BCUT2D eigenvalue weighted by Crippen LogP contribution is 2.24. The molecule has 34 heavy (non-hydrogen) atoms. The van der Waals surface area contributed by atoms with E-state index in [-0.39, 0.29) is 6.03 Å². The molecule has 1 heterocycles. The SMILES string of the molecule is O=C(Nc1ccc(Cl)cc1)N(CCCN1CCC(Cc2ccccc2)CC1)c1cccc(Cl)c1. The van der Waals surface area contributed by atoms with Crippen LogP contribution in [-0.4, -0.2) is 37.1 Å². The van der Waals surface area contributed by atoms with Gasteiger partial charge >= 0.3 is 6.03 Å². The van der Waals surface area contributed by atoms with E-state index in [1.807, 2.05) is 24.3 Å². The Bertz CT molecular complexity index is 1050. The van der Waals surface area contributed by atoms with Crippen LogP contribution in [0.1, 0.15) is 24.8 Å². The topological polar surface area (TPSA) is 35.6 Å². The van der Waals surface area contributed by atoms with Crippen LogP contribution in [0, 0.1) is 5.92 Å². The van der Waals surface area contributed by atoms with Gasteiger partial charge in [-0.05, 0) is 99.3 Å². The summed E-state index contributed by atoms with van der Waals surface area (Å²) in [5.74, 6) is 0.756. The van der Waals surface area contributed by atoms with E-state index in [4.69, 9.17) is 23.2 Å². The number of likely N-dealkylation sites (tertiary alicyclic amines) is 1. The average Bonchev–Trinajstić information content (AvgIpc) is 2.85. The molecule has 0 saturated carbocycles. The third-order valence-corrected chi connectivity index (χ3v) is 6.88. The van der Waals surface area contributed by atoms with Gasteiger partial charge < -0.3 is 10.2 Å². The maximum absolute atomic E-state index is 13.1. The molecule has 0 aliphatic carbocycles. The highest BCUT2D eigenvalue weighted by atomic mass is 35.5. The van der Waals surface area contributed by atoms with Gasteiger partial charge in [-0.3, -0.25) is 4.90 Å². The van der Waals surface area contributed by atoms with E-state index in [1.54, 1.807) is 29.2 Å². The molecular formula is C28H31Cl2N3O. The van der Waals surface area contributed by atoms with Crippen LogP contribution in [0.3, 0.4) is 0 Å². The second-order valence-corrected chi connectivity index (χ2v) is 9.77. The molecule has 1 saturated heterocycles. The summed E-state index contributed by atoms with van der Waals surface area (Å²) in [5.41, 5.74) is 2.94. The maximum atomic E-state index is 13.1. The van der Waals surface area contributed by atoms with E-state index in [2.05, 4.69) is 40.5 Å². The number of hydrogen-bond acceptors (Lipinski definition) is 2. The van der Waals surface area contributed by atoms with Crippen LogP contribution in [0.4, 0.5) is 16.2 Å². The number of hydrogen-bond donors (Lipinski definition) is 1. The summed E-state index contributed by atoms with van der Waals surface area (Å²) in [6.07, 6.45) is 4.51. The molecule has 1 fully saturated rings. The van der Waals surface area contributed by atoms with E-state index in [0.29, 0.717) is 22.3 Å². The number of nitrogens with one attached hydrogen (secondary N) is 1. The largest absolute Gasteiger partial charge is 0.326 e. The van der Waals surface area contributed by atoms with E-state index in [1.165, 1.54) is 24.8 Å². The van der Waals surface area contributed by atoms with Crippen molar-refractivity contribution in [2.75, 3.05) is 36.4 Å². The number of piperidine rings is 1. The van der Waals surface area contributed by atoms with Gasteiger partial charge in [0.25, 0.3) is 0 Å². The lowest BCUT2D eigenvalue weighted by molar-refractivity contribution is 0.183. The lowest BCUT2D eigenvalue weighted by atomic mass is 9.90. The minimum atomic E-state index is -0.175. The van der Waals surface area contributed by atoms with Gasteiger partial charge in [-0.2, -0.15) is 0 Å². The van der Waals surface area contributed by atoms with Crippen molar-refractivity contribution >= 4 is 40.6 Å². The first-order chi connectivity index (χ1) is 16.6. The minimum Gasteiger partial charge on any atom is -0.308 e.